The van der Waals surface area contributed by atoms with Crippen molar-refractivity contribution in [2.75, 3.05) is 19.0 Å². The summed E-state index contributed by atoms with van der Waals surface area (Å²) in [4.78, 5) is 25.0. The number of nitrogens with one attached hydrogen (secondary N) is 1. The molecule has 0 aliphatic rings. The molecule has 7 nitrogen and oxygen atoms in total. The second-order valence-corrected chi connectivity index (χ2v) is 8.03. The smallest absolute Gasteiger partial charge is 0.431 e. The van der Waals surface area contributed by atoms with Crippen LogP contribution in [0.15, 0.2) is 58.1 Å². The number of nitrogens with zero attached hydrogens (tertiary/aromatic N) is 3. The Labute approximate surface area is 189 Å². The molecule has 0 unspecified atom stereocenters. The zero-order chi connectivity index (χ0) is 23.8. The highest BCUT2D eigenvalue weighted by Gasteiger charge is 2.35. The lowest BCUT2D eigenvalue weighted by atomic mass is 10.1. The van der Waals surface area contributed by atoms with Gasteiger partial charge in [-0.25, -0.2) is 9.36 Å². The Morgan fingerprint density at radius 1 is 1.12 bits per heavy atom. The van der Waals surface area contributed by atoms with Gasteiger partial charge in [-0.3, -0.25) is 9.36 Å². The van der Waals surface area contributed by atoms with E-state index in [1.54, 1.807) is 12.1 Å². The fraction of sp³-hybridized carbons (Fsp3) is 0.227. The predicted molar refractivity (Wildman–Crippen MR) is 121 cm³/mol. The molecule has 4 aromatic rings. The van der Waals surface area contributed by atoms with Gasteiger partial charge in [-0.2, -0.15) is 17.5 Å². The van der Waals surface area contributed by atoms with E-state index in [-0.39, 0.29) is 5.69 Å². The van der Waals surface area contributed by atoms with Gasteiger partial charge in [0.1, 0.15) is 11.4 Å². The largest absolute Gasteiger partial charge is 0.493 e. The van der Waals surface area contributed by atoms with Crippen LogP contribution < -0.4 is 21.3 Å². The quantitative estimate of drug-likeness (QED) is 0.458. The highest BCUT2D eigenvalue weighted by Crippen LogP contribution is 2.28. The minimum atomic E-state index is -4.81. The van der Waals surface area contributed by atoms with Gasteiger partial charge in [-0.15, -0.1) is 0 Å². The monoisotopic (exact) mass is 476 g/mol. The molecule has 2 heterocycles. The molecule has 0 aliphatic heterocycles. The van der Waals surface area contributed by atoms with Gasteiger partial charge in [0.15, 0.2) is 0 Å². The minimum absolute atomic E-state index is 0.172. The van der Waals surface area contributed by atoms with Gasteiger partial charge >= 0.3 is 11.9 Å². The first kappa shape index (κ1) is 22.6. The van der Waals surface area contributed by atoms with Crippen LogP contribution in [-0.2, 0) is 19.6 Å². The van der Waals surface area contributed by atoms with Gasteiger partial charge in [-0.05, 0) is 41.9 Å². The highest BCUT2D eigenvalue weighted by atomic mass is 32.1. The normalized spacial score (nSPS) is 11.7. The van der Waals surface area contributed by atoms with Gasteiger partial charge < -0.3 is 10.1 Å². The molecule has 0 saturated heterocycles. The van der Waals surface area contributed by atoms with Gasteiger partial charge in [0.05, 0.1) is 22.7 Å². The Morgan fingerprint density at radius 2 is 1.91 bits per heavy atom. The summed E-state index contributed by atoms with van der Waals surface area (Å²) in [6.07, 6.45) is -4.35. The molecule has 0 aliphatic carbocycles. The summed E-state index contributed by atoms with van der Waals surface area (Å²) in [5.74, 6) is 0.696. The Balaban J connectivity index is 1.64. The van der Waals surface area contributed by atoms with Crippen molar-refractivity contribution in [3.05, 3.63) is 80.8 Å². The van der Waals surface area contributed by atoms with E-state index in [9.17, 15) is 22.8 Å². The lowest BCUT2D eigenvalue weighted by Gasteiger charge is -2.14. The van der Waals surface area contributed by atoms with E-state index < -0.39 is 23.1 Å². The fourth-order valence-electron chi connectivity index (χ4n) is 3.44. The van der Waals surface area contributed by atoms with Gasteiger partial charge in [0.2, 0.25) is 0 Å². The number of benzene rings is 2. The summed E-state index contributed by atoms with van der Waals surface area (Å²) < 4.78 is 51.5. The van der Waals surface area contributed by atoms with Crippen LogP contribution in [0.4, 0.5) is 18.9 Å². The number of ether oxygens (including phenoxy) is 1. The predicted octanol–water partition coefficient (Wildman–Crippen LogP) is 3.83. The molecular weight excluding hydrogens is 457 g/mol. The maximum Gasteiger partial charge on any atom is 0.431 e. The van der Waals surface area contributed by atoms with E-state index in [1.807, 2.05) is 31.3 Å². The Bertz CT molecular complexity index is 1440. The average Bonchev–Trinajstić information content (AvgIpc) is 3.18. The van der Waals surface area contributed by atoms with Crippen LogP contribution in [0.3, 0.4) is 0 Å². The fourth-order valence-corrected chi connectivity index (χ4v) is 4.24. The van der Waals surface area contributed by atoms with Gasteiger partial charge in [0, 0.05) is 43.7 Å². The summed E-state index contributed by atoms with van der Waals surface area (Å²) >= 11 is 1.25. The zero-order valence-corrected chi connectivity index (χ0v) is 18.5. The molecule has 0 radical (unpaired) electrons. The van der Waals surface area contributed by atoms with Crippen LogP contribution in [0.1, 0.15) is 11.4 Å². The molecule has 33 heavy (non-hydrogen) atoms. The summed E-state index contributed by atoms with van der Waals surface area (Å²) in [6.45, 7) is 0.345. The molecule has 0 amide bonds. The molecule has 1 N–H and O–H groups in total. The number of fused-ring (bicyclic) bond motifs is 1. The number of aromatic nitrogens is 3. The molecule has 11 heteroatoms. The van der Waals surface area contributed by atoms with E-state index in [4.69, 9.17) is 4.74 Å². The van der Waals surface area contributed by atoms with E-state index in [0.717, 1.165) is 22.0 Å². The van der Waals surface area contributed by atoms with Crippen LogP contribution in [-0.4, -0.2) is 27.2 Å². The van der Waals surface area contributed by atoms with Gasteiger partial charge in [-0.1, -0.05) is 6.07 Å². The molecule has 2 aromatic carbocycles. The third kappa shape index (κ3) is 4.49. The molecule has 0 saturated carbocycles. The molecular formula is C22H19F3N4O3S. The van der Waals surface area contributed by atoms with Crippen LogP contribution in [0.25, 0.3) is 15.8 Å². The summed E-state index contributed by atoms with van der Waals surface area (Å²) in [5, 5.41) is 3.74. The van der Waals surface area contributed by atoms with E-state index >= 15 is 0 Å². The first-order chi connectivity index (χ1) is 15.7. The molecule has 0 atom stereocenters. The molecule has 0 bridgehead atoms. The van der Waals surface area contributed by atoms with E-state index in [1.165, 1.54) is 17.6 Å². The van der Waals surface area contributed by atoms with E-state index in [0.29, 0.717) is 40.5 Å². The Hall–Kier alpha value is -3.60. The maximum atomic E-state index is 13.1. The first-order valence-electron chi connectivity index (χ1n) is 9.88. The van der Waals surface area contributed by atoms with Crippen LogP contribution in [0.2, 0.25) is 0 Å². The van der Waals surface area contributed by atoms with Crippen molar-refractivity contribution >= 4 is 27.3 Å². The van der Waals surface area contributed by atoms with Crippen LogP contribution in [0, 0.1) is 0 Å². The van der Waals surface area contributed by atoms with Crippen molar-refractivity contribution in [1.82, 2.24) is 13.5 Å². The SMILES string of the molecule is CNc1cccc(OCCc2nsc3ccc(-n4c(=O)cc(C(F)(F)F)n(C)c4=O)cc23)c1. The second kappa shape index (κ2) is 8.74. The molecule has 4 rings (SSSR count). The number of hydrogen-bond acceptors (Lipinski definition) is 6. The summed E-state index contributed by atoms with van der Waals surface area (Å²) in [6, 6.07) is 12.7. The lowest BCUT2D eigenvalue weighted by Crippen LogP contribution is -2.40. The molecule has 2 aromatic heterocycles. The maximum absolute atomic E-state index is 13.1. The average molecular weight is 476 g/mol. The zero-order valence-electron chi connectivity index (χ0n) is 17.6. The minimum Gasteiger partial charge on any atom is -0.493 e. The number of halogens is 3. The van der Waals surface area contributed by atoms with Crippen molar-refractivity contribution in [1.29, 1.82) is 0 Å². The van der Waals surface area contributed by atoms with Crippen LogP contribution in [0.5, 0.6) is 5.75 Å². The topological polar surface area (TPSA) is 78.2 Å². The van der Waals surface area contributed by atoms with Crippen molar-refractivity contribution < 1.29 is 17.9 Å². The van der Waals surface area contributed by atoms with Crippen molar-refractivity contribution in [2.45, 2.75) is 12.6 Å². The standard InChI is InChI=1S/C22H19F3N4O3S/c1-26-13-4-3-5-15(10-13)32-9-8-17-16-11-14(6-7-18(16)33-27-17)29-20(30)12-19(22(23,24)25)28(2)21(29)31/h3-7,10-12,26H,8-9H2,1-2H3. The number of hydrogen-bond donors (Lipinski definition) is 1. The molecule has 172 valence electrons. The first-order valence-corrected chi connectivity index (χ1v) is 10.7. The second-order valence-electron chi connectivity index (χ2n) is 7.23. The highest BCUT2D eigenvalue weighted by molar-refractivity contribution is 7.13. The molecule has 0 fully saturated rings. The van der Waals surface area contributed by atoms with Gasteiger partial charge in [0.25, 0.3) is 5.56 Å². The Kier molecular flexibility index (Phi) is 5.98. The third-order valence-electron chi connectivity index (χ3n) is 5.13. The Morgan fingerprint density at radius 3 is 2.64 bits per heavy atom. The van der Waals surface area contributed by atoms with E-state index in [2.05, 4.69) is 9.69 Å². The summed E-state index contributed by atoms with van der Waals surface area (Å²) in [7, 11) is 2.80. The third-order valence-corrected chi connectivity index (χ3v) is 5.99. The van der Waals surface area contributed by atoms with Crippen LogP contribution >= 0.6 is 11.5 Å². The molecule has 0 spiro atoms. The van der Waals surface area contributed by atoms with Crippen molar-refractivity contribution in [3.8, 4) is 11.4 Å². The number of alkyl halides is 3. The number of rotatable bonds is 6. The summed E-state index contributed by atoms with van der Waals surface area (Å²) in [5.41, 5.74) is -1.63. The van der Waals surface area contributed by atoms with Crippen molar-refractivity contribution in [2.24, 2.45) is 7.05 Å². The van der Waals surface area contributed by atoms with Crippen molar-refractivity contribution in [3.63, 3.8) is 0 Å². The lowest BCUT2D eigenvalue weighted by molar-refractivity contribution is -0.144. The number of anilines is 1.